The zero-order valence-corrected chi connectivity index (χ0v) is 14.6. The summed E-state index contributed by atoms with van der Waals surface area (Å²) in [5.41, 5.74) is 0.220. The number of carbonyl (C=O) groups is 1. The van der Waals surface area contributed by atoms with Crippen molar-refractivity contribution in [3.8, 4) is 0 Å². The van der Waals surface area contributed by atoms with E-state index in [1.807, 2.05) is 0 Å². The molecule has 0 aliphatic carbocycles. The molecule has 0 bridgehead atoms. The van der Waals surface area contributed by atoms with Crippen LogP contribution in [-0.2, 0) is 9.47 Å². The Bertz CT molecular complexity index is 798. The number of carbonyl (C=O) groups excluding carboxylic acids is 1. The Morgan fingerprint density at radius 3 is 2.62 bits per heavy atom. The molecule has 0 amide bonds. The Labute approximate surface area is 149 Å². The van der Waals surface area contributed by atoms with Crippen LogP contribution in [0.25, 0.3) is 0 Å². The van der Waals surface area contributed by atoms with E-state index in [4.69, 9.17) is 9.47 Å². The summed E-state index contributed by atoms with van der Waals surface area (Å²) in [6.07, 6.45) is 1.19. The van der Waals surface area contributed by atoms with Crippen molar-refractivity contribution in [2.75, 3.05) is 31.5 Å². The van der Waals surface area contributed by atoms with Gasteiger partial charge in [-0.05, 0) is 19.1 Å². The van der Waals surface area contributed by atoms with Crippen molar-refractivity contribution in [1.29, 1.82) is 0 Å². The highest BCUT2D eigenvalue weighted by molar-refractivity contribution is 5.96. The molecule has 0 fully saturated rings. The molecule has 10 nitrogen and oxygen atoms in total. The molecule has 0 aliphatic heterocycles. The molecule has 10 heteroatoms. The smallest absolute Gasteiger partial charge is 0.353 e. The fourth-order valence-corrected chi connectivity index (χ4v) is 2.28. The highest BCUT2D eigenvalue weighted by Gasteiger charge is 2.25. The van der Waals surface area contributed by atoms with Gasteiger partial charge in [-0.2, -0.15) is 0 Å². The van der Waals surface area contributed by atoms with Crippen LogP contribution in [0.15, 0.2) is 30.6 Å². The molecule has 1 heterocycles. The third-order valence-corrected chi connectivity index (χ3v) is 3.39. The zero-order chi connectivity index (χ0) is 19.1. The average molecular weight is 361 g/mol. The Morgan fingerprint density at radius 2 is 1.96 bits per heavy atom. The van der Waals surface area contributed by atoms with E-state index in [1.165, 1.54) is 20.5 Å². The summed E-state index contributed by atoms with van der Waals surface area (Å²) in [5, 5.41) is 17.3. The quantitative estimate of drug-likeness (QED) is 0.413. The third-order valence-electron chi connectivity index (χ3n) is 3.39. The van der Waals surface area contributed by atoms with Crippen molar-refractivity contribution < 1.29 is 19.2 Å². The van der Waals surface area contributed by atoms with E-state index in [0.717, 1.165) is 0 Å². The Morgan fingerprint density at radius 1 is 1.27 bits per heavy atom. The van der Waals surface area contributed by atoms with Gasteiger partial charge < -0.3 is 20.1 Å². The molecule has 0 spiro atoms. The first-order chi connectivity index (χ1) is 12.5. The number of para-hydroxylation sites is 1. The monoisotopic (exact) mass is 361 g/mol. The van der Waals surface area contributed by atoms with E-state index >= 15 is 0 Å². The molecule has 0 saturated carbocycles. The minimum atomic E-state index is -0.592. The summed E-state index contributed by atoms with van der Waals surface area (Å²) in [6, 6.07) is 6.27. The second-order valence-electron chi connectivity index (χ2n) is 5.34. The molecular weight excluding hydrogens is 342 g/mol. The van der Waals surface area contributed by atoms with Gasteiger partial charge >= 0.3 is 11.7 Å². The molecule has 2 aromatic rings. The highest BCUT2D eigenvalue weighted by atomic mass is 16.6. The van der Waals surface area contributed by atoms with Gasteiger partial charge in [0.2, 0.25) is 11.6 Å². The zero-order valence-electron chi connectivity index (χ0n) is 14.6. The second-order valence-corrected chi connectivity index (χ2v) is 5.34. The maximum absolute atomic E-state index is 11.9. The maximum Gasteiger partial charge on any atom is 0.353 e. The number of nitro groups is 1. The van der Waals surface area contributed by atoms with Crippen molar-refractivity contribution in [3.63, 3.8) is 0 Å². The topological polar surface area (TPSA) is 129 Å². The first kappa shape index (κ1) is 19.1. The van der Waals surface area contributed by atoms with E-state index in [0.29, 0.717) is 12.3 Å². The van der Waals surface area contributed by atoms with Gasteiger partial charge in [-0.3, -0.25) is 10.1 Å². The van der Waals surface area contributed by atoms with Gasteiger partial charge in [-0.25, -0.2) is 14.8 Å². The standard InChI is InChI=1S/C16H19N5O5/c1-10(8-25-2)19-14-13(21(23)24)15(18-9-17-14)20-12-7-5-4-6-11(12)16(22)26-3/h4-7,9-10H,8H2,1-3H3,(H2,17,18,19,20). The molecular formula is C16H19N5O5. The minimum absolute atomic E-state index is 0.0477. The van der Waals surface area contributed by atoms with Crippen molar-refractivity contribution in [3.05, 3.63) is 46.3 Å². The first-order valence-electron chi connectivity index (χ1n) is 7.67. The first-order valence-corrected chi connectivity index (χ1v) is 7.67. The number of anilines is 3. The minimum Gasteiger partial charge on any atom is -0.465 e. The fraction of sp³-hybridized carbons (Fsp3) is 0.312. The summed E-state index contributed by atoms with van der Waals surface area (Å²) in [5.74, 6) is -0.571. The lowest BCUT2D eigenvalue weighted by molar-refractivity contribution is -0.383. The lowest BCUT2D eigenvalue weighted by Gasteiger charge is -2.15. The molecule has 0 saturated heterocycles. The molecule has 26 heavy (non-hydrogen) atoms. The molecule has 138 valence electrons. The van der Waals surface area contributed by atoms with E-state index in [1.54, 1.807) is 31.2 Å². The molecule has 0 radical (unpaired) electrons. The predicted octanol–water partition coefficient (Wildman–Crippen LogP) is 2.36. The van der Waals surface area contributed by atoms with Crippen LogP contribution in [0.5, 0.6) is 0 Å². The molecule has 2 N–H and O–H groups in total. The van der Waals surface area contributed by atoms with Gasteiger partial charge in [0.15, 0.2) is 0 Å². The fourth-order valence-electron chi connectivity index (χ4n) is 2.28. The number of hydrogen-bond donors (Lipinski definition) is 2. The molecule has 1 aromatic carbocycles. The number of methoxy groups -OCH3 is 2. The SMILES string of the molecule is COCC(C)Nc1ncnc(Nc2ccccc2C(=O)OC)c1[N+](=O)[O-]. The van der Waals surface area contributed by atoms with Crippen LogP contribution in [-0.4, -0.2) is 47.7 Å². The van der Waals surface area contributed by atoms with Crippen LogP contribution in [0.3, 0.4) is 0 Å². The second kappa shape index (κ2) is 8.72. The van der Waals surface area contributed by atoms with Gasteiger partial charge in [0.05, 0.1) is 29.9 Å². The third kappa shape index (κ3) is 4.42. The van der Waals surface area contributed by atoms with Crippen LogP contribution in [0.2, 0.25) is 0 Å². The van der Waals surface area contributed by atoms with Crippen molar-refractivity contribution in [2.45, 2.75) is 13.0 Å². The molecule has 2 rings (SSSR count). The van der Waals surface area contributed by atoms with Crippen LogP contribution in [0, 0.1) is 10.1 Å². The number of ether oxygens (including phenoxy) is 2. The Balaban J connectivity index is 2.42. The van der Waals surface area contributed by atoms with Gasteiger partial charge in [-0.1, -0.05) is 12.1 Å². The molecule has 0 aliphatic rings. The van der Waals surface area contributed by atoms with E-state index < -0.39 is 10.9 Å². The molecule has 1 aromatic heterocycles. The lowest BCUT2D eigenvalue weighted by atomic mass is 10.2. The molecule has 1 unspecified atom stereocenters. The van der Waals surface area contributed by atoms with Gasteiger partial charge in [0, 0.05) is 13.2 Å². The van der Waals surface area contributed by atoms with Crippen molar-refractivity contribution in [1.82, 2.24) is 9.97 Å². The summed E-state index contributed by atoms with van der Waals surface area (Å²) in [4.78, 5) is 30.7. The average Bonchev–Trinajstić information content (AvgIpc) is 2.61. The number of nitrogens with zero attached hydrogens (tertiary/aromatic N) is 3. The van der Waals surface area contributed by atoms with Crippen LogP contribution < -0.4 is 10.6 Å². The van der Waals surface area contributed by atoms with E-state index in [-0.39, 0.29) is 28.9 Å². The molecule has 1 atom stereocenters. The summed E-state index contributed by atoms with van der Waals surface area (Å²) >= 11 is 0. The number of nitrogens with one attached hydrogen (secondary N) is 2. The van der Waals surface area contributed by atoms with Crippen molar-refractivity contribution >= 4 is 29.0 Å². The van der Waals surface area contributed by atoms with Gasteiger partial charge in [-0.15, -0.1) is 0 Å². The summed E-state index contributed by atoms with van der Waals surface area (Å²) in [6.45, 7) is 2.14. The Kier molecular flexibility index (Phi) is 6.39. The van der Waals surface area contributed by atoms with Crippen LogP contribution in [0.1, 0.15) is 17.3 Å². The normalized spacial score (nSPS) is 11.5. The van der Waals surface area contributed by atoms with Crippen LogP contribution >= 0.6 is 0 Å². The number of esters is 1. The number of hydrogen-bond acceptors (Lipinski definition) is 9. The summed E-state index contributed by atoms with van der Waals surface area (Å²) in [7, 11) is 2.79. The maximum atomic E-state index is 11.9. The lowest BCUT2D eigenvalue weighted by Crippen LogP contribution is -2.22. The van der Waals surface area contributed by atoms with E-state index in [9.17, 15) is 14.9 Å². The highest BCUT2D eigenvalue weighted by Crippen LogP contribution is 2.32. The van der Waals surface area contributed by atoms with Gasteiger partial charge in [0.1, 0.15) is 6.33 Å². The van der Waals surface area contributed by atoms with Crippen molar-refractivity contribution in [2.24, 2.45) is 0 Å². The summed E-state index contributed by atoms with van der Waals surface area (Å²) < 4.78 is 9.74. The number of rotatable bonds is 8. The predicted molar refractivity (Wildman–Crippen MR) is 94.7 cm³/mol. The number of aromatic nitrogens is 2. The van der Waals surface area contributed by atoms with Gasteiger partial charge in [0.25, 0.3) is 0 Å². The Hall–Kier alpha value is -3.27. The van der Waals surface area contributed by atoms with E-state index in [2.05, 4.69) is 20.6 Å². The van der Waals surface area contributed by atoms with Crippen LogP contribution in [0.4, 0.5) is 23.0 Å². The number of benzene rings is 1. The largest absolute Gasteiger partial charge is 0.465 e.